The molecule has 4 rings (SSSR count). The minimum atomic E-state index is -0.0688. The number of anilines is 1. The number of aromatic nitrogens is 1. The fourth-order valence-electron chi connectivity index (χ4n) is 2.83. The fourth-order valence-corrected chi connectivity index (χ4v) is 4.11. The number of benzene rings is 2. The van der Waals surface area contributed by atoms with Gasteiger partial charge in [0, 0.05) is 15.8 Å². The van der Waals surface area contributed by atoms with E-state index in [2.05, 4.69) is 26.2 Å². The van der Waals surface area contributed by atoms with Gasteiger partial charge < -0.3 is 14.8 Å². The van der Waals surface area contributed by atoms with Gasteiger partial charge in [-0.05, 0) is 42.3 Å². The highest BCUT2D eigenvalue weighted by Crippen LogP contribution is 2.34. The van der Waals surface area contributed by atoms with E-state index in [4.69, 9.17) is 9.47 Å². The van der Waals surface area contributed by atoms with Crippen LogP contribution in [0.4, 0.5) is 5.13 Å². The quantitative estimate of drug-likeness (QED) is 0.618. The van der Waals surface area contributed by atoms with Crippen molar-refractivity contribution in [1.29, 1.82) is 0 Å². The van der Waals surface area contributed by atoms with Gasteiger partial charge in [-0.3, -0.25) is 4.79 Å². The summed E-state index contributed by atoms with van der Waals surface area (Å²) in [5.74, 6) is 1.49. The van der Waals surface area contributed by atoms with E-state index in [1.54, 1.807) is 0 Å². The second kappa shape index (κ2) is 7.70. The van der Waals surface area contributed by atoms with Crippen LogP contribution in [0.15, 0.2) is 46.9 Å². The number of carbonyl (C=O) groups excluding carboxylic acids is 1. The number of fused-ring (bicyclic) bond motifs is 1. The lowest BCUT2D eigenvalue weighted by molar-refractivity contribution is -0.115. The first-order valence-corrected chi connectivity index (χ1v) is 10.1. The van der Waals surface area contributed by atoms with E-state index < -0.39 is 0 Å². The predicted molar refractivity (Wildman–Crippen MR) is 109 cm³/mol. The first-order chi connectivity index (χ1) is 13.1. The van der Waals surface area contributed by atoms with Crippen molar-refractivity contribution in [2.75, 3.05) is 12.1 Å². The maximum absolute atomic E-state index is 12.3. The number of aryl methyl sites for hydroxylation is 1. The third-order valence-corrected chi connectivity index (χ3v) is 5.82. The lowest BCUT2D eigenvalue weighted by Crippen LogP contribution is -2.14. The number of carbonyl (C=O) groups is 1. The van der Waals surface area contributed by atoms with Crippen LogP contribution in [0.3, 0.4) is 0 Å². The molecule has 0 unspecified atom stereocenters. The van der Waals surface area contributed by atoms with Crippen molar-refractivity contribution >= 4 is 38.3 Å². The highest BCUT2D eigenvalue weighted by atomic mass is 79.9. The molecule has 0 aliphatic carbocycles. The first-order valence-electron chi connectivity index (χ1n) is 8.46. The average molecular weight is 445 g/mol. The Morgan fingerprint density at radius 2 is 1.89 bits per heavy atom. The van der Waals surface area contributed by atoms with Crippen molar-refractivity contribution in [1.82, 2.24) is 4.98 Å². The van der Waals surface area contributed by atoms with Crippen LogP contribution in [0.2, 0.25) is 0 Å². The predicted octanol–water partition coefficient (Wildman–Crippen LogP) is 4.71. The molecule has 2 aromatic carbocycles. The van der Waals surface area contributed by atoms with Gasteiger partial charge in [0.1, 0.15) is 0 Å². The summed E-state index contributed by atoms with van der Waals surface area (Å²) in [4.78, 5) is 17.9. The molecule has 5 nitrogen and oxygen atoms in total. The lowest BCUT2D eigenvalue weighted by Gasteiger charge is -2.02. The molecular weight excluding hydrogens is 428 g/mol. The molecule has 1 amide bonds. The van der Waals surface area contributed by atoms with E-state index in [1.807, 2.05) is 49.4 Å². The van der Waals surface area contributed by atoms with Gasteiger partial charge >= 0.3 is 0 Å². The van der Waals surface area contributed by atoms with Gasteiger partial charge in [0.05, 0.1) is 12.1 Å². The van der Waals surface area contributed by atoms with Crippen LogP contribution in [0.25, 0.3) is 0 Å². The third-order valence-electron chi connectivity index (χ3n) is 4.22. The molecule has 3 aromatic rings. The van der Waals surface area contributed by atoms with Gasteiger partial charge in [0.25, 0.3) is 0 Å². The highest BCUT2D eigenvalue weighted by molar-refractivity contribution is 9.10. The molecule has 0 atom stereocenters. The lowest BCUT2D eigenvalue weighted by atomic mass is 10.1. The van der Waals surface area contributed by atoms with Crippen molar-refractivity contribution in [3.8, 4) is 11.5 Å². The minimum absolute atomic E-state index is 0.0688. The first kappa shape index (κ1) is 18.0. The third kappa shape index (κ3) is 4.31. The molecular formula is C20H17BrN2O3S. The Morgan fingerprint density at radius 1 is 1.15 bits per heavy atom. The average Bonchev–Trinajstić information content (AvgIpc) is 3.23. The monoisotopic (exact) mass is 444 g/mol. The topological polar surface area (TPSA) is 60.5 Å². The smallest absolute Gasteiger partial charge is 0.231 e. The number of ether oxygens (including phenoxy) is 2. The second-order valence-electron chi connectivity index (χ2n) is 6.24. The Balaban J connectivity index is 1.42. The summed E-state index contributed by atoms with van der Waals surface area (Å²) in [5, 5.41) is 3.54. The van der Waals surface area contributed by atoms with Gasteiger partial charge in [0.15, 0.2) is 16.6 Å². The van der Waals surface area contributed by atoms with Crippen molar-refractivity contribution in [2.24, 2.45) is 0 Å². The van der Waals surface area contributed by atoms with Crippen LogP contribution in [0.5, 0.6) is 11.5 Å². The van der Waals surface area contributed by atoms with Crippen LogP contribution in [-0.4, -0.2) is 17.7 Å². The number of halogens is 1. The summed E-state index contributed by atoms with van der Waals surface area (Å²) in [6, 6.07) is 13.7. The van der Waals surface area contributed by atoms with E-state index in [9.17, 15) is 4.79 Å². The highest BCUT2D eigenvalue weighted by Gasteiger charge is 2.15. The number of nitrogens with zero attached hydrogens (tertiary/aromatic N) is 1. The van der Waals surface area contributed by atoms with E-state index in [0.29, 0.717) is 11.6 Å². The molecule has 0 radical (unpaired) electrons. The molecule has 1 aliphatic rings. The number of thiazole rings is 1. The van der Waals surface area contributed by atoms with Gasteiger partial charge in [-0.25, -0.2) is 4.98 Å². The van der Waals surface area contributed by atoms with E-state index in [0.717, 1.165) is 44.1 Å². The van der Waals surface area contributed by atoms with Gasteiger partial charge in [-0.1, -0.05) is 34.1 Å². The molecule has 7 heteroatoms. The van der Waals surface area contributed by atoms with Crippen molar-refractivity contribution < 1.29 is 14.3 Å². The molecule has 2 heterocycles. The van der Waals surface area contributed by atoms with Crippen molar-refractivity contribution in [3.63, 3.8) is 0 Å². The van der Waals surface area contributed by atoms with Crippen LogP contribution >= 0.6 is 27.3 Å². The zero-order chi connectivity index (χ0) is 18.8. The Hall–Kier alpha value is -2.38. The Kier molecular flexibility index (Phi) is 5.13. The number of nitrogens with one attached hydrogen (secondary N) is 1. The molecule has 1 aliphatic heterocycles. The SMILES string of the molecule is Cc1nc(NC(=O)Cc2ccc(Br)cc2)sc1Cc1ccc2c(c1)OCO2. The summed E-state index contributed by atoms with van der Waals surface area (Å²) in [6.07, 6.45) is 1.06. The van der Waals surface area contributed by atoms with Gasteiger partial charge in [-0.2, -0.15) is 0 Å². The van der Waals surface area contributed by atoms with Gasteiger partial charge in [0.2, 0.25) is 12.7 Å². The van der Waals surface area contributed by atoms with Crippen LogP contribution in [0.1, 0.15) is 21.7 Å². The molecule has 0 spiro atoms. The minimum Gasteiger partial charge on any atom is -0.454 e. The second-order valence-corrected chi connectivity index (χ2v) is 8.24. The molecule has 0 saturated heterocycles. The molecule has 138 valence electrons. The van der Waals surface area contributed by atoms with Crippen molar-refractivity contribution in [2.45, 2.75) is 19.8 Å². The maximum atomic E-state index is 12.3. The normalized spacial score (nSPS) is 12.2. The summed E-state index contributed by atoms with van der Waals surface area (Å²) in [7, 11) is 0. The van der Waals surface area contributed by atoms with E-state index >= 15 is 0 Å². The summed E-state index contributed by atoms with van der Waals surface area (Å²) < 4.78 is 11.8. The molecule has 0 bridgehead atoms. The molecule has 1 aromatic heterocycles. The van der Waals surface area contributed by atoms with Gasteiger partial charge in [-0.15, -0.1) is 11.3 Å². The van der Waals surface area contributed by atoms with Crippen LogP contribution in [0, 0.1) is 6.92 Å². The van der Waals surface area contributed by atoms with Crippen LogP contribution < -0.4 is 14.8 Å². The Labute approximate surface area is 169 Å². The van der Waals surface area contributed by atoms with Crippen LogP contribution in [-0.2, 0) is 17.6 Å². The number of amides is 1. The zero-order valence-corrected chi connectivity index (χ0v) is 17.0. The Morgan fingerprint density at radius 3 is 2.70 bits per heavy atom. The zero-order valence-electron chi connectivity index (χ0n) is 14.6. The number of hydrogen-bond donors (Lipinski definition) is 1. The number of hydrogen-bond acceptors (Lipinski definition) is 5. The van der Waals surface area contributed by atoms with E-state index in [-0.39, 0.29) is 12.7 Å². The maximum Gasteiger partial charge on any atom is 0.231 e. The van der Waals surface area contributed by atoms with Crippen molar-refractivity contribution in [3.05, 3.63) is 68.6 Å². The standard InChI is InChI=1S/C20H17BrN2O3S/c1-12-18(9-14-4-7-16-17(8-14)26-11-25-16)27-20(22-12)23-19(24)10-13-2-5-15(21)6-3-13/h2-8H,9-11H2,1H3,(H,22,23,24). The fraction of sp³-hybridized carbons (Fsp3) is 0.200. The molecule has 0 saturated carbocycles. The van der Waals surface area contributed by atoms with E-state index in [1.165, 1.54) is 11.3 Å². The molecule has 0 fully saturated rings. The Bertz CT molecular complexity index is 985. The largest absolute Gasteiger partial charge is 0.454 e. The summed E-state index contributed by atoms with van der Waals surface area (Å²) >= 11 is 4.90. The summed E-state index contributed by atoms with van der Waals surface area (Å²) in [5.41, 5.74) is 3.01. The molecule has 1 N–H and O–H groups in total. The summed E-state index contributed by atoms with van der Waals surface area (Å²) in [6.45, 7) is 2.23. The number of rotatable bonds is 5. The molecule has 27 heavy (non-hydrogen) atoms.